The van der Waals surface area contributed by atoms with E-state index in [1.54, 1.807) is 5.48 Å². The Kier molecular flexibility index (Phi) is 8.66. The molecule has 0 radical (unpaired) electrons. The third kappa shape index (κ3) is 8.25. The molecule has 0 aliphatic rings. The summed E-state index contributed by atoms with van der Waals surface area (Å²) in [6.45, 7) is 4.79. The maximum absolute atomic E-state index is 10.9. The Morgan fingerprint density at radius 2 is 1.81 bits per heavy atom. The molecule has 0 unspecified atom stereocenters. The topological polar surface area (TPSA) is 70.6 Å². The summed E-state index contributed by atoms with van der Waals surface area (Å²) >= 11 is 0. The molecule has 1 amide bonds. The average molecular weight is 366 g/mol. The quantitative estimate of drug-likeness (QED) is 0.234. The second kappa shape index (κ2) is 11.5. The monoisotopic (exact) mass is 366 g/mol. The molecule has 0 heterocycles. The van der Waals surface area contributed by atoms with Crippen molar-refractivity contribution in [3.05, 3.63) is 78.5 Å². The van der Waals surface area contributed by atoms with Gasteiger partial charge >= 0.3 is 0 Å². The van der Waals surface area contributed by atoms with E-state index in [2.05, 4.69) is 11.9 Å². The zero-order valence-corrected chi connectivity index (χ0v) is 15.4. The van der Waals surface area contributed by atoms with Gasteiger partial charge in [0.2, 0.25) is 5.91 Å². The number of unbranched alkanes of at least 4 members (excludes halogenated alkanes) is 2. The first-order chi connectivity index (χ1) is 13.2. The Morgan fingerprint density at radius 1 is 1.04 bits per heavy atom. The number of para-hydroxylation sites is 1. The zero-order valence-electron chi connectivity index (χ0n) is 15.4. The molecular weight excluding hydrogens is 340 g/mol. The number of amides is 1. The summed E-state index contributed by atoms with van der Waals surface area (Å²) in [5.41, 5.74) is 3.50. The van der Waals surface area contributed by atoms with Crippen molar-refractivity contribution >= 4 is 12.0 Å². The minimum absolute atomic E-state index is 0.339. The average Bonchev–Trinajstić information content (AvgIpc) is 2.70. The van der Waals surface area contributed by atoms with Gasteiger partial charge in [-0.1, -0.05) is 49.4 Å². The number of carbonyl (C=O) groups is 1. The standard InChI is InChI=1S/C22H26N2O3/c1-18(23-16-7-3-6-13-22(25)24-26)14-15-19-9-8-12-21(17-19)27-20-10-4-2-5-11-20/h2,4-5,8-12,14-15,17,23,26H,1,3,6-7,13,16H2,(H,24,25)/b15-14+. The Balaban J connectivity index is 1.72. The first kappa shape index (κ1) is 20.3. The predicted molar refractivity (Wildman–Crippen MR) is 108 cm³/mol. The van der Waals surface area contributed by atoms with Crippen LogP contribution in [0.3, 0.4) is 0 Å². The Bertz CT molecular complexity index is 757. The van der Waals surface area contributed by atoms with E-state index in [0.717, 1.165) is 48.6 Å². The molecule has 0 aromatic heterocycles. The smallest absolute Gasteiger partial charge is 0.243 e. The number of ether oxygens (including phenoxy) is 1. The molecule has 0 aliphatic carbocycles. The van der Waals surface area contributed by atoms with Crippen molar-refractivity contribution in [2.75, 3.05) is 6.54 Å². The minimum Gasteiger partial charge on any atom is -0.457 e. The molecular formula is C22H26N2O3. The number of carbonyl (C=O) groups excluding carboxylic acids is 1. The van der Waals surface area contributed by atoms with Gasteiger partial charge in [-0.25, -0.2) is 5.48 Å². The Hall–Kier alpha value is -3.05. The molecule has 3 N–H and O–H groups in total. The molecule has 5 nitrogen and oxygen atoms in total. The van der Waals surface area contributed by atoms with Crippen molar-refractivity contribution in [3.63, 3.8) is 0 Å². The molecule has 0 bridgehead atoms. The van der Waals surface area contributed by atoms with E-state index >= 15 is 0 Å². The van der Waals surface area contributed by atoms with Crippen LogP contribution in [0.1, 0.15) is 31.2 Å². The molecule has 142 valence electrons. The molecule has 0 spiro atoms. The molecule has 2 aromatic rings. The summed E-state index contributed by atoms with van der Waals surface area (Å²) in [6.07, 6.45) is 6.87. The van der Waals surface area contributed by atoms with Gasteiger partial charge in [0.25, 0.3) is 0 Å². The van der Waals surface area contributed by atoms with Crippen LogP contribution in [0, 0.1) is 0 Å². The van der Waals surface area contributed by atoms with Gasteiger partial charge in [0.1, 0.15) is 11.5 Å². The van der Waals surface area contributed by atoms with E-state index in [4.69, 9.17) is 9.94 Å². The van der Waals surface area contributed by atoms with Crippen LogP contribution in [0.15, 0.2) is 72.9 Å². The summed E-state index contributed by atoms with van der Waals surface area (Å²) < 4.78 is 5.84. The lowest BCUT2D eigenvalue weighted by atomic mass is 10.2. The molecule has 0 atom stereocenters. The molecule has 2 rings (SSSR count). The predicted octanol–water partition coefficient (Wildman–Crippen LogP) is 4.66. The number of nitrogens with one attached hydrogen (secondary N) is 2. The lowest BCUT2D eigenvalue weighted by Gasteiger charge is -2.07. The van der Waals surface area contributed by atoms with Crippen molar-refractivity contribution in [2.45, 2.75) is 25.7 Å². The first-order valence-electron chi connectivity index (χ1n) is 9.04. The Morgan fingerprint density at radius 3 is 2.59 bits per heavy atom. The normalized spacial score (nSPS) is 10.6. The number of hydrogen-bond acceptors (Lipinski definition) is 4. The number of allylic oxidation sites excluding steroid dienone is 1. The minimum atomic E-state index is -0.339. The van der Waals surface area contributed by atoms with Crippen LogP contribution in [0.2, 0.25) is 0 Å². The van der Waals surface area contributed by atoms with Gasteiger partial charge in [-0.2, -0.15) is 0 Å². The first-order valence-corrected chi connectivity index (χ1v) is 9.04. The van der Waals surface area contributed by atoms with Crippen molar-refractivity contribution in [1.82, 2.24) is 10.8 Å². The van der Waals surface area contributed by atoms with Crippen molar-refractivity contribution in [1.29, 1.82) is 0 Å². The summed E-state index contributed by atoms with van der Waals surface area (Å²) in [4.78, 5) is 10.9. The van der Waals surface area contributed by atoms with Gasteiger partial charge in [0.05, 0.1) is 0 Å². The van der Waals surface area contributed by atoms with Crippen molar-refractivity contribution in [2.24, 2.45) is 0 Å². The van der Waals surface area contributed by atoms with E-state index in [1.807, 2.05) is 66.7 Å². The largest absolute Gasteiger partial charge is 0.457 e. The highest BCUT2D eigenvalue weighted by Crippen LogP contribution is 2.22. The summed E-state index contributed by atoms with van der Waals surface area (Å²) in [5, 5.41) is 11.7. The maximum atomic E-state index is 10.9. The lowest BCUT2D eigenvalue weighted by molar-refractivity contribution is -0.129. The maximum Gasteiger partial charge on any atom is 0.243 e. The van der Waals surface area contributed by atoms with E-state index in [9.17, 15) is 4.79 Å². The highest BCUT2D eigenvalue weighted by atomic mass is 16.5. The van der Waals surface area contributed by atoms with Crippen LogP contribution in [-0.2, 0) is 4.79 Å². The second-order valence-electron chi connectivity index (χ2n) is 6.12. The molecule has 0 aliphatic heterocycles. The SMILES string of the molecule is C=C(/C=C/c1cccc(Oc2ccccc2)c1)NCCCCCC(=O)NO. The molecule has 0 fully saturated rings. The third-order valence-electron chi connectivity index (χ3n) is 3.87. The number of hydroxylamine groups is 1. The van der Waals surface area contributed by atoms with Gasteiger partial charge in [0, 0.05) is 18.7 Å². The highest BCUT2D eigenvalue weighted by Gasteiger charge is 1.99. The molecule has 0 saturated carbocycles. The van der Waals surface area contributed by atoms with Crippen molar-refractivity contribution < 1.29 is 14.7 Å². The van der Waals surface area contributed by atoms with Gasteiger partial charge in [-0.15, -0.1) is 0 Å². The van der Waals surface area contributed by atoms with Crippen LogP contribution in [0.4, 0.5) is 0 Å². The Labute approximate surface area is 160 Å². The van der Waals surface area contributed by atoms with Gasteiger partial charge in [-0.3, -0.25) is 10.0 Å². The second-order valence-corrected chi connectivity index (χ2v) is 6.12. The summed E-state index contributed by atoms with van der Waals surface area (Å²) in [7, 11) is 0. The molecule has 5 heteroatoms. The fourth-order valence-corrected chi connectivity index (χ4v) is 2.45. The fourth-order valence-electron chi connectivity index (χ4n) is 2.45. The third-order valence-corrected chi connectivity index (χ3v) is 3.87. The van der Waals surface area contributed by atoms with Crippen LogP contribution >= 0.6 is 0 Å². The van der Waals surface area contributed by atoms with Crippen LogP contribution < -0.4 is 15.5 Å². The van der Waals surface area contributed by atoms with Gasteiger partial charge < -0.3 is 10.1 Å². The van der Waals surface area contributed by atoms with E-state index in [-0.39, 0.29) is 5.91 Å². The number of hydrogen-bond donors (Lipinski definition) is 3. The molecule has 27 heavy (non-hydrogen) atoms. The van der Waals surface area contributed by atoms with Gasteiger partial charge in [-0.05, 0) is 48.7 Å². The molecule has 2 aromatic carbocycles. The van der Waals surface area contributed by atoms with Gasteiger partial charge in [0.15, 0.2) is 0 Å². The zero-order chi connectivity index (χ0) is 19.3. The van der Waals surface area contributed by atoms with Crippen LogP contribution in [0.5, 0.6) is 11.5 Å². The summed E-state index contributed by atoms with van der Waals surface area (Å²) in [6, 6.07) is 17.5. The van der Waals surface area contributed by atoms with Crippen LogP contribution in [0.25, 0.3) is 6.08 Å². The van der Waals surface area contributed by atoms with Crippen LogP contribution in [-0.4, -0.2) is 17.7 Å². The molecule has 0 saturated heterocycles. The fraction of sp³-hybridized carbons (Fsp3) is 0.227. The van der Waals surface area contributed by atoms with E-state index in [0.29, 0.717) is 6.42 Å². The van der Waals surface area contributed by atoms with E-state index < -0.39 is 0 Å². The lowest BCUT2D eigenvalue weighted by Crippen LogP contribution is -2.18. The number of rotatable bonds is 11. The highest BCUT2D eigenvalue weighted by molar-refractivity contribution is 5.74. The number of benzene rings is 2. The van der Waals surface area contributed by atoms with Crippen molar-refractivity contribution in [3.8, 4) is 11.5 Å². The van der Waals surface area contributed by atoms with E-state index in [1.165, 1.54) is 0 Å². The summed E-state index contributed by atoms with van der Waals surface area (Å²) in [5.74, 6) is 1.25.